The Bertz CT molecular complexity index is 617. The largest absolute Gasteiger partial charge is 0.497 e. The standard InChI is InChI=1S/C20H27NO3/c1-23-13-9-10-18(24-2)16(12-13)17-8-5-11-21(17)20(22)19-14-6-3-4-7-15(14)19/h9-10,12,14-15,17,19H,3-8,11H2,1-2H3. The van der Waals surface area contributed by atoms with Gasteiger partial charge in [0.2, 0.25) is 5.91 Å². The van der Waals surface area contributed by atoms with Gasteiger partial charge in [0, 0.05) is 18.0 Å². The zero-order chi connectivity index (χ0) is 16.7. The van der Waals surface area contributed by atoms with E-state index in [1.54, 1.807) is 14.2 Å². The number of hydrogen-bond acceptors (Lipinski definition) is 3. The molecule has 0 aromatic heterocycles. The molecule has 1 aromatic rings. The Hall–Kier alpha value is -1.71. The van der Waals surface area contributed by atoms with Crippen LogP contribution in [0.3, 0.4) is 0 Å². The van der Waals surface area contributed by atoms with Crippen LogP contribution in [-0.2, 0) is 4.79 Å². The summed E-state index contributed by atoms with van der Waals surface area (Å²) < 4.78 is 11.0. The SMILES string of the molecule is COc1ccc(OC)c(C2CCCN2C(=O)C2C3CCCCC32)c1. The number of methoxy groups -OCH3 is 2. The summed E-state index contributed by atoms with van der Waals surface area (Å²) in [4.78, 5) is 15.3. The van der Waals surface area contributed by atoms with E-state index in [1.165, 1.54) is 25.7 Å². The van der Waals surface area contributed by atoms with Crippen molar-refractivity contribution in [1.82, 2.24) is 4.90 Å². The molecule has 2 saturated carbocycles. The normalized spacial score (nSPS) is 31.5. The van der Waals surface area contributed by atoms with Gasteiger partial charge in [0.25, 0.3) is 0 Å². The molecule has 24 heavy (non-hydrogen) atoms. The van der Waals surface area contributed by atoms with Crippen molar-refractivity contribution in [3.05, 3.63) is 23.8 Å². The highest BCUT2D eigenvalue weighted by Crippen LogP contribution is 2.57. The number of benzene rings is 1. The molecular formula is C20H27NO3. The van der Waals surface area contributed by atoms with Crippen LogP contribution < -0.4 is 9.47 Å². The topological polar surface area (TPSA) is 38.8 Å². The molecule has 3 atom stereocenters. The zero-order valence-electron chi connectivity index (χ0n) is 14.7. The Kier molecular flexibility index (Phi) is 4.15. The lowest BCUT2D eigenvalue weighted by Crippen LogP contribution is -2.32. The highest BCUT2D eigenvalue weighted by Gasteiger charge is 2.56. The fraction of sp³-hybridized carbons (Fsp3) is 0.650. The van der Waals surface area contributed by atoms with E-state index < -0.39 is 0 Å². The molecule has 0 bridgehead atoms. The summed E-state index contributed by atoms with van der Waals surface area (Å²) >= 11 is 0. The molecule has 3 aliphatic rings. The predicted octanol–water partition coefficient (Wildman–Crippen LogP) is 3.80. The van der Waals surface area contributed by atoms with Crippen molar-refractivity contribution >= 4 is 5.91 Å². The Balaban J connectivity index is 1.58. The fourth-order valence-corrected chi connectivity index (χ4v) is 5.00. The van der Waals surface area contributed by atoms with Gasteiger partial charge < -0.3 is 14.4 Å². The molecule has 1 saturated heterocycles. The first-order valence-corrected chi connectivity index (χ1v) is 9.27. The number of likely N-dealkylation sites (tertiary alicyclic amines) is 1. The first-order valence-electron chi connectivity index (χ1n) is 9.27. The van der Waals surface area contributed by atoms with Crippen LogP contribution in [0.25, 0.3) is 0 Å². The summed E-state index contributed by atoms with van der Waals surface area (Å²) in [6, 6.07) is 6.03. The Morgan fingerprint density at radius 3 is 2.46 bits per heavy atom. The van der Waals surface area contributed by atoms with Gasteiger partial charge in [-0.05, 0) is 55.7 Å². The van der Waals surface area contributed by atoms with Crippen molar-refractivity contribution in [2.45, 2.75) is 44.6 Å². The van der Waals surface area contributed by atoms with Gasteiger partial charge in [-0.15, -0.1) is 0 Å². The second-order valence-electron chi connectivity index (χ2n) is 7.44. The van der Waals surface area contributed by atoms with E-state index in [2.05, 4.69) is 4.90 Å². The number of carbonyl (C=O) groups excluding carboxylic acids is 1. The molecule has 1 aliphatic heterocycles. The third-order valence-corrected chi connectivity index (χ3v) is 6.27. The van der Waals surface area contributed by atoms with Crippen LogP contribution in [0.5, 0.6) is 11.5 Å². The number of ether oxygens (including phenoxy) is 2. The number of hydrogen-bond donors (Lipinski definition) is 0. The summed E-state index contributed by atoms with van der Waals surface area (Å²) in [6.45, 7) is 0.875. The van der Waals surface area contributed by atoms with Gasteiger partial charge in [-0.2, -0.15) is 0 Å². The highest BCUT2D eigenvalue weighted by atomic mass is 16.5. The first kappa shape index (κ1) is 15.8. The van der Waals surface area contributed by atoms with E-state index in [9.17, 15) is 4.79 Å². The lowest BCUT2D eigenvalue weighted by atomic mass is 10.0. The van der Waals surface area contributed by atoms with Gasteiger partial charge in [-0.25, -0.2) is 0 Å². The Morgan fingerprint density at radius 2 is 1.79 bits per heavy atom. The van der Waals surface area contributed by atoms with Gasteiger partial charge in [-0.1, -0.05) is 12.8 Å². The monoisotopic (exact) mass is 329 g/mol. The maximum atomic E-state index is 13.2. The van der Waals surface area contributed by atoms with E-state index in [0.29, 0.717) is 23.7 Å². The number of nitrogens with zero attached hydrogens (tertiary/aromatic N) is 1. The van der Waals surface area contributed by atoms with Crippen LogP contribution in [0.4, 0.5) is 0 Å². The second kappa shape index (κ2) is 6.30. The van der Waals surface area contributed by atoms with Gasteiger partial charge >= 0.3 is 0 Å². The summed E-state index contributed by atoms with van der Waals surface area (Å²) in [5.41, 5.74) is 1.09. The predicted molar refractivity (Wildman–Crippen MR) is 92.2 cm³/mol. The van der Waals surface area contributed by atoms with Crippen molar-refractivity contribution in [1.29, 1.82) is 0 Å². The highest BCUT2D eigenvalue weighted by molar-refractivity contribution is 5.83. The van der Waals surface area contributed by atoms with Crippen molar-refractivity contribution < 1.29 is 14.3 Å². The fourth-order valence-electron chi connectivity index (χ4n) is 5.00. The first-order chi connectivity index (χ1) is 11.7. The van der Waals surface area contributed by atoms with Crippen LogP contribution in [0.1, 0.15) is 50.1 Å². The Morgan fingerprint density at radius 1 is 1.04 bits per heavy atom. The minimum atomic E-state index is 0.130. The molecule has 3 unspecified atom stereocenters. The third kappa shape index (κ3) is 2.56. The molecular weight excluding hydrogens is 302 g/mol. The third-order valence-electron chi connectivity index (χ3n) is 6.27. The van der Waals surface area contributed by atoms with Crippen molar-refractivity contribution in [2.75, 3.05) is 20.8 Å². The average Bonchev–Trinajstić information content (AvgIpc) is 3.15. The van der Waals surface area contributed by atoms with Gasteiger partial charge in [0.05, 0.1) is 20.3 Å². The molecule has 3 fully saturated rings. The molecule has 130 valence electrons. The molecule has 0 radical (unpaired) electrons. The van der Waals surface area contributed by atoms with E-state index in [4.69, 9.17) is 9.47 Å². The van der Waals surface area contributed by atoms with E-state index in [1.807, 2.05) is 18.2 Å². The lowest BCUT2D eigenvalue weighted by Gasteiger charge is -2.27. The van der Waals surface area contributed by atoms with E-state index in [0.717, 1.165) is 36.4 Å². The molecule has 1 heterocycles. The van der Waals surface area contributed by atoms with Crippen molar-refractivity contribution in [3.8, 4) is 11.5 Å². The van der Waals surface area contributed by atoms with Crippen LogP contribution in [0.2, 0.25) is 0 Å². The van der Waals surface area contributed by atoms with Crippen molar-refractivity contribution in [2.24, 2.45) is 17.8 Å². The second-order valence-corrected chi connectivity index (χ2v) is 7.44. The number of amides is 1. The number of rotatable bonds is 4. The summed E-state index contributed by atoms with van der Waals surface area (Å²) in [5, 5.41) is 0. The van der Waals surface area contributed by atoms with E-state index >= 15 is 0 Å². The quantitative estimate of drug-likeness (QED) is 0.843. The summed E-state index contributed by atoms with van der Waals surface area (Å²) in [6.07, 6.45) is 7.19. The van der Waals surface area contributed by atoms with E-state index in [-0.39, 0.29) is 6.04 Å². The van der Waals surface area contributed by atoms with Crippen molar-refractivity contribution in [3.63, 3.8) is 0 Å². The lowest BCUT2D eigenvalue weighted by molar-refractivity contribution is -0.134. The smallest absolute Gasteiger partial charge is 0.226 e. The van der Waals surface area contributed by atoms with Gasteiger partial charge in [0.15, 0.2) is 0 Å². The minimum Gasteiger partial charge on any atom is -0.497 e. The van der Waals surface area contributed by atoms with Crippen LogP contribution in [0, 0.1) is 17.8 Å². The maximum absolute atomic E-state index is 13.2. The molecule has 4 nitrogen and oxygen atoms in total. The van der Waals surface area contributed by atoms with Crippen LogP contribution in [0.15, 0.2) is 18.2 Å². The maximum Gasteiger partial charge on any atom is 0.226 e. The molecule has 0 spiro atoms. The molecule has 2 aliphatic carbocycles. The number of carbonyl (C=O) groups is 1. The van der Waals surface area contributed by atoms with Crippen LogP contribution >= 0.6 is 0 Å². The average molecular weight is 329 g/mol. The molecule has 1 aromatic carbocycles. The number of fused-ring (bicyclic) bond motifs is 1. The molecule has 4 rings (SSSR count). The van der Waals surface area contributed by atoms with Gasteiger partial charge in [-0.3, -0.25) is 4.79 Å². The van der Waals surface area contributed by atoms with Gasteiger partial charge in [0.1, 0.15) is 11.5 Å². The molecule has 1 amide bonds. The minimum absolute atomic E-state index is 0.130. The Labute approximate surface area is 144 Å². The van der Waals surface area contributed by atoms with Crippen LogP contribution in [-0.4, -0.2) is 31.6 Å². The molecule has 4 heteroatoms. The summed E-state index contributed by atoms with van der Waals surface area (Å²) in [7, 11) is 3.37. The summed E-state index contributed by atoms with van der Waals surface area (Å²) in [5.74, 6) is 3.70. The zero-order valence-corrected chi connectivity index (χ0v) is 14.7. The molecule has 0 N–H and O–H groups in total.